The number of amides is 3. The molecule has 16 nitrogen and oxygen atoms in total. The van der Waals surface area contributed by atoms with Gasteiger partial charge in [-0.2, -0.15) is 0 Å². The molecule has 0 aliphatic carbocycles. The standard InChI is InChI=1S/C54H60N2O14Si/c1-54(2,3)71(36-23-12-6-13-24-36,37-25-14-7-15-26-37)66-33-41-46(70-52-45(59)44(58)47-40(68-52)32-64-50(69-47)35-21-10-5-11-22-35)43(57)42(56-48(60)38-27-16-17-28-39(38)49(56)61)51(67-41)63-30-18-29-55-53(62)65-31-34-19-8-4-9-20-34/h4-17,19-28,40-47,50-52,57-59H,18,29-33H2,1-3H3,(H,55,62)/t40-,41-,42-,43-,44-,45-,46-,47+,50?,51-,52+/m1/s1. The zero-order valence-corrected chi connectivity index (χ0v) is 40.7. The quantitative estimate of drug-likeness (QED) is 0.0608. The minimum Gasteiger partial charge on any atom is -0.445 e. The summed E-state index contributed by atoms with van der Waals surface area (Å²) >= 11 is 0. The largest absolute Gasteiger partial charge is 0.445 e. The lowest BCUT2D eigenvalue weighted by atomic mass is 9.94. The highest BCUT2D eigenvalue weighted by Crippen LogP contribution is 2.41. The first-order valence-electron chi connectivity index (χ1n) is 24.0. The van der Waals surface area contributed by atoms with Crippen molar-refractivity contribution in [3.05, 3.63) is 168 Å². The SMILES string of the molecule is CC(C)(C)[Si](OC[C@H]1O[C@@H](OCCCNC(=O)OCc2ccccc2)[C@H](N2C(=O)c3ccccc3C2=O)[C@@H](O)[C@@H]1O[C@@H]1O[C@@H]2COC(c3ccccc3)O[C@@H]2[C@H](O)[C@H]1O)(c1ccccc1)c1ccccc1. The maximum atomic E-state index is 14.3. The smallest absolute Gasteiger partial charge is 0.407 e. The molecule has 17 heteroatoms. The first-order valence-corrected chi connectivity index (χ1v) is 25.9. The summed E-state index contributed by atoms with van der Waals surface area (Å²) in [5, 5.41) is 40.5. The van der Waals surface area contributed by atoms with Gasteiger partial charge in [0.15, 0.2) is 18.9 Å². The number of hydrogen-bond donors (Lipinski definition) is 4. The zero-order chi connectivity index (χ0) is 49.7. The third-order valence-corrected chi connectivity index (χ3v) is 18.4. The van der Waals surface area contributed by atoms with Gasteiger partial charge in [-0.05, 0) is 39.5 Å². The van der Waals surface area contributed by atoms with Crippen LogP contribution in [0.1, 0.15) is 65.3 Å². The van der Waals surface area contributed by atoms with Crippen LogP contribution in [0.3, 0.4) is 0 Å². The summed E-state index contributed by atoms with van der Waals surface area (Å²) in [6.07, 6.45) is -13.9. The molecule has 0 saturated carbocycles. The lowest BCUT2D eigenvalue weighted by Gasteiger charge is -2.51. The van der Waals surface area contributed by atoms with E-state index in [1.807, 2.05) is 121 Å². The normalized spacial score (nSPS) is 27.7. The third kappa shape index (κ3) is 10.5. The first-order chi connectivity index (χ1) is 34.4. The molecule has 11 atom stereocenters. The molecule has 3 saturated heterocycles. The van der Waals surface area contributed by atoms with Crippen molar-refractivity contribution in [1.29, 1.82) is 0 Å². The Morgan fingerprint density at radius 3 is 1.90 bits per heavy atom. The van der Waals surface area contributed by atoms with Crippen LogP contribution < -0.4 is 15.7 Å². The highest BCUT2D eigenvalue weighted by molar-refractivity contribution is 6.99. The van der Waals surface area contributed by atoms with E-state index in [1.54, 1.807) is 12.1 Å². The molecule has 0 aromatic heterocycles. The minimum atomic E-state index is -3.31. The molecule has 9 rings (SSSR count). The Labute approximate surface area is 413 Å². The Hall–Kier alpha value is -5.67. The second kappa shape index (κ2) is 22.0. The van der Waals surface area contributed by atoms with E-state index in [4.69, 9.17) is 37.6 Å². The second-order valence-corrected chi connectivity index (χ2v) is 23.3. The van der Waals surface area contributed by atoms with Crippen molar-refractivity contribution in [2.75, 3.05) is 26.4 Å². The van der Waals surface area contributed by atoms with Crippen LogP contribution in [-0.4, -0.2) is 134 Å². The van der Waals surface area contributed by atoms with E-state index >= 15 is 0 Å². The molecule has 0 bridgehead atoms. The van der Waals surface area contributed by atoms with Gasteiger partial charge in [0.1, 0.15) is 55.4 Å². The van der Waals surface area contributed by atoms with Crippen molar-refractivity contribution >= 4 is 36.6 Å². The molecule has 5 aromatic rings. The number of imide groups is 1. The van der Waals surface area contributed by atoms with Gasteiger partial charge in [0, 0.05) is 12.1 Å². The average molecular weight is 989 g/mol. The summed E-state index contributed by atoms with van der Waals surface area (Å²) < 4.78 is 51.1. The van der Waals surface area contributed by atoms with Crippen molar-refractivity contribution in [2.24, 2.45) is 0 Å². The fraction of sp³-hybridized carbons (Fsp3) is 0.389. The fourth-order valence-electron chi connectivity index (χ4n) is 9.93. The maximum Gasteiger partial charge on any atom is 0.407 e. The molecular formula is C54H60N2O14Si. The Kier molecular flexibility index (Phi) is 15.6. The molecule has 4 heterocycles. The predicted molar refractivity (Wildman–Crippen MR) is 260 cm³/mol. The molecule has 4 N–H and O–H groups in total. The molecule has 3 fully saturated rings. The average Bonchev–Trinajstić information content (AvgIpc) is 3.64. The second-order valence-electron chi connectivity index (χ2n) is 19.0. The molecule has 0 spiro atoms. The van der Waals surface area contributed by atoms with Crippen molar-refractivity contribution in [1.82, 2.24) is 10.2 Å². The van der Waals surface area contributed by atoms with Crippen molar-refractivity contribution < 1.29 is 67.3 Å². The highest BCUT2D eigenvalue weighted by atomic mass is 28.4. The van der Waals surface area contributed by atoms with Crippen LogP contribution in [-0.2, 0) is 44.2 Å². The Bertz CT molecular complexity index is 2500. The summed E-state index contributed by atoms with van der Waals surface area (Å²) in [5.74, 6) is -1.38. The van der Waals surface area contributed by atoms with Crippen LogP contribution >= 0.6 is 0 Å². The molecule has 4 aliphatic heterocycles. The van der Waals surface area contributed by atoms with E-state index in [-0.39, 0.29) is 50.5 Å². The van der Waals surface area contributed by atoms with Crippen LogP contribution in [0, 0.1) is 0 Å². The number of aliphatic hydroxyl groups is 3. The number of fused-ring (bicyclic) bond motifs is 2. The van der Waals surface area contributed by atoms with Crippen LogP contribution in [0.4, 0.5) is 4.79 Å². The molecule has 5 aromatic carbocycles. The van der Waals surface area contributed by atoms with E-state index in [0.717, 1.165) is 20.8 Å². The van der Waals surface area contributed by atoms with Crippen LogP contribution in [0.25, 0.3) is 0 Å². The van der Waals surface area contributed by atoms with Gasteiger partial charge in [-0.3, -0.25) is 14.5 Å². The lowest BCUT2D eigenvalue weighted by molar-refractivity contribution is -0.382. The van der Waals surface area contributed by atoms with Crippen LogP contribution in [0.5, 0.6) is 0 Å². The molecule has 71 heavy (non-hydrogen) atoms. The van der Waals surface area contributed by atoms with Gasteiger partial charge >= 0.3 is 6.09 Å². The predicted octanol–water partition coefficient (Wildman–Crippen LogP) is 4.59. The van der Waals surface area contributed by atoms with Crippen molar-refractivity contribution in [3.8, 4) is 0 Å². The first kappa shape index (κ1) is 50.3. The van der Waals surface area contributed by atoms with Crippen LogP contribution in [0.15, 0.2) is 146 Å². The number of benzene rings is 5. The summed E-state index contributed by atoms with van der Waals surface area (Å²) in [5.41, 5.74) is 1.80. The van der Waals surface area contributed by atoms with E-state index in [0.29, 0.717) is 5.56 Å². The topological polar surface area (TPSA) is 201 Å². The van der Waals surface area contributed by atoms with E-state index < -0.39 is 98.9 Å². The van der Waals surface area contributed by atoms with E-state index in [1.165, 1.54) is 12.1 Å². The minimum absolute atomic E-state index is 0.0365. The molecule has 4 aliphatic rings. The van der Waals surface area contributed by atoms with Gasteiger partial charge in [-0.15, -0.1) is 0 Å². The van der Waals surface area contributed by atoms with Gasteiger partial charge in [-0.25, -0.2) is 4.79 Å². The third-order valence-electron chi connectivity index (χ3n) is 13.4. The molecule has 374 valence electrons. The van der Waals surface area contributed by atoms with E-state index in [9.17, 15) is 29.7 Å². The monoisotopic (exact) mass is 988 g/mol. The molecule has 3 amide bonds. The number of aliphatic hydroxyl groups excluding tert-OH is 3. The number of carbonyl (C=O) groups excluding carboxylic acids is 3. The van der Waals surface area contributed by atoms with Gasteiger partial charge in [-0.1, -0.05) is 154 Å². The Morgan fingerprint density at radius 2 is 1.30 bits per heavy atom. The number of carbonyl (C=O) groups is 3. The fourth-order valence-corrected chi connectivity index (χ4v) is 14.5. The van der Waals surface area contributed by atoms with E-state index in [2.05, 4.69) is 26.1 Å². The Morgan fingerprint density at radius 1 is 0.718 bits per heavy atom. The summed E-state index contributed by atoms with van der Waals surface area (Å²) in [6, 6.07) is 43.1. The van der Waals surface area contributed by atoms with Gasteiger partial charge in [0.25, 0.3) is 20.1 Å². The zero-order valence-electron chi connectivity index (χ0n) is 39.7. The molecule has 0 radical (unpaired) electrons. The Balaban J connectivity index is 1.02. The molecular weight excluding hydrogens is 929 g/mol. The van der Waals surface area contributed by atoms with Crippen molar-refractivity contribution in [2.45, 2.75) is 106 Å². The highest BCUT2D eigenvalue weighted by Gasteiger charge is 2.58. The number of nitrogens with one attached hydrogen (secondary N) is 1. The maximum absolute atomic E-state index is 14.3. The van der Waals surface area contributed by atoms with Crippen LogP contribution in [0.2, 0.25) is 5.04 Å². The number of nitrogens with zero attached hydrogens (tertiary/aromatic N) is 1. The summed E-state index contributed by atoms with van der Waals surface area (Å²) in [7, 11) is -3.31. The van der Waals surface area contributed by atoms with Crippen molar-refractivity contribution in [3.63, 3.8) is 0 Å². The number of alkyl carbamates (subject to hydrolysis) is 1. The summed E-state index contributed by atoms with van der Waals surface area (Å²) in [4.78, 5) is 42.1. The lowest BCUT2D eigenvalue weighted by Crippen LogP contribution is -2.70. The number of ether oxygens (including phenoxy) is 7. The van der Waals surface area contributed by atoms with Gasteiger partial charge < -0.3 is 58.2 Å². The molecule has 1 unspecified atom stereocenters. The number of hydrogen-bond acceptors (Lipinski definition) is 14. The van der Waals surface area contributed by atoms with Gasteiger partial charge in [0.05, 0.1) is 30.9 Å². The van der Waals surface area contributed by atoms with Gasteiger partial charge in [0.2, 0.25) is 0 Å². The summed E-state index contributed by atoms with van der Waals surface area (Å²) in [6.45, 7) is 6.23. The number of rotatable bonds is 16.